The van der Waals surface area contributed by atoms with Crippen LogP contribution in [0.5, 0.6) is 0 Å². The smallest absolute Gasteiger partial charge is 0.227 e. The van der Waals surface area contributed by atoms with Crippen molar-refractivity contribution in [3.8, 4) is 11.5 Å². The fourth-order valence-electron chi connectivity index (χ4n) is 3.98. The van der Waals surface area contributed by atoms with Crippen LogP contribution in [0.4, 0.5) is 4.39 Å². The molecule has 0 atom stereocenters. The highest BCUT2D eigenvalue weighted by Crippen LogP contribution is 2.31. The van der Waals surface area contributed by atoms with Crippen molar-refractivity contribution in [1.82, 2.24) is 19.2 Å². The lowest BCUT2D eigenvalue weighted by Crippen LogP contribution is -2.28. The quantitative estimate of drug-likeness (QED) is 0.515. The van der Waals surface area contributed by atoms with Crippen LogP contribution in [0.25, 0.3) is 11.5 Å². The number of fused-ring (bicyclic) bond motifs is 1. The molecule has 1 aliphatic heterocycles. The van der Waals surface area contributed by atoms with E-state index >= 15 is 0 Å². The highest BCUT2D eigenvalue weighted by atomic mass is 19.1. The van der Waals surface area contributed by atoms with Gasteiger partial charge in [-0.25, -0.2) is 9.07 Å². The first-order valence-corrected chi connectivity index (χ1v) is 9.92. The van der Waals surface area contributed by atoms with Crippen molar-refractivity contribution < 1.29 is 9.18 Å². The molecular weight excluding hydrogens is 379 g/mol. The van der Waals surface area contributed by atoms with Gasteiger partial charge in [0.2, 0.25) is 5.91 Å². The Morgan fingerprint density at radius 1 is 1.00 bits per heavy atom. The zero-order valence-corrected chi connectivity index (χ0v) is 16.6. The SMILES string of the molecule is Cc1ccccc1-n1nc2c(c1-n1cccc1)CN(C(=O)Cc1ccc(F)cc1)C2. The molecule has 0 saturated carbocycles. The number of halogens is 1. The summed E-state index contributed by atoms with van der Waals surface area (Å²) >= 11 is 0. The molecule has 0 bridgehead atoms. The standard InChI is InChI=1S/C24H21FN4O/c1-17-6-2-3-7-22(17)29-24(27-12-4-5-13-27)20-15-28(16-21(20)26-29)23(30)14-18-8-10-19(25)11-9-18/h2-13H,14-16H2,1H3. The molecule has 0 fully saturated rings. The molecule has 2 aromatic carbocycles. The summed E-state index contributed by atoms with van der Waals surface area (Å²) in [6, 6.07) is 18.2. The van der Waals surface area contributed by atoms with Crippen LogP contribution in [-0.2, 0) is 24.3 Å². The van der Waals surface area contributed by atoms with E-state index < -0.39 is 0 Å². The second-order valence-electron chi connectivity index (χ2n) is 7.59. The van der Waals surface area contributed by atoms with E-state index in [9.17, 15) is 9.18 Å². The molecule has 0 aliphatic carbocycles. The van der Waals surface area contributed by atoms with Gasteiger partial charge in [0.15, 0.2) is 0 Å². The van der Waals surface area contributed by atoms with Crippen molar-refractivity contribution >= 4 is 5.91 Å². The second kappa shape index (κ2) is 7.30. The first-order chi connectivity index (χ1) is 14.6. The minimum atomic E-state index is -0.297. The minimum absolute atomic E-state index is 0.0144. The molecule has 4 aromatic rings. The molecule has 3 heterocycles. The van der Waals surface area contributed by atoms with Crippen molar-refractivity contribution in [2.45, 2.75) is 26.4 Å². The van der Waals surface area contributed by atoms with Gasteiger partial charge >= 0.3 is 0 Å². The van der Waals surface area contributed by atoms with Crippen molar-refractivity contribution in [2.75, 3.05) is 0 Å². The van der Waals surface area contributed by atoms with Crippen molar-refractivity contribution in [3.63, 3.8) is 0 Å². The Kier molecular flexibility index (Phi) is 4.47. The van der Waals surface area contributed by atoms with E-state index in [-0.39, 0.29) is 18.1 Å². The number of para-hydroxylation sites is 1. The van der Waals surface area contributed by atoms with Crippen molar-refractivity contribution in [2.24, 2.45) is 0 Å². The number of benzene rings is 2. The number of carbonyl (C=O) groups excluding carboxylic acids is 1. The molecule has 5 rings (SSSR count). The molecule has 0 radical (unpaired) electrons. The number of aryl methyl sites for hydroxylation is 1. The Labute approximate surface area is 174 Å². The number of nitrogens with zero attached hydrogens (tertiary/aromatic N) is 4. The van der Waals surface area contributed by atoms with Crippen LogP contribution in [0.3, 0.4) is 0 Å². The molecule has 0 N–H and O–H groups in total. The predicted molar refractivity (Wildman–Crippen MR) is 112 cm³/mol. The van der Waals surface area contributed by atoms with Gasteiger partial charge in [-0.15, -0.1) is 0 Å². The zero-order valence-electron chi connectivity index (χ0n) is 16.6. The Morgan fingerprint density at radius 2 is 1.73 bits per heavy atom. The minimum Gasteiger partial charge on any atom is -0.332 e. The summed E-state index contributed by atoms with van der Waals surface area (Å²) in [4.78, 5) is 14.7. The number of rotatable bonds is 4. The second-order valence-corrected chi connectivity index (χ2v) is 7.59. The van der Waals surface area contributed by atoms with E-state index in [2.05, 4.69) is 19.1 Å². The van der Waals surface area contributed by atoms with E-state index in [1.54, 1.807) is 12.1 Å². The monoisotopic (exact) mass is 400 g/mol. The molecule has 2 aromatic heterocycles. The number of hydrogen-bond donors (Lipinski definition) is 0. The highest BCUT2D eigenvalue weighted by molar-refractivity contribution is 5.79. The molecule has 150 valence electrons. The van der Waals surface area contributed by atoms with Crippen LogP contribution in [-0.4, -0.2) is 25.2 Å². The van der Waals surface area contributed by atoms with Gasteiger partial charge in [0.25, 0.3) is 0 Å². The third-order valence-electron chi connectivity index (χ3n) is 5.54. The molecule has 6 heteroatoms. The maximum Gasteiger partial charge on any atom is 0.227 e. The third-order valence-corrected chi connectivity index (χ3v) is 5.54. The van der Waals surface area contributed by atoms with Crippen LogP contribution < -0.4 is 0 Å². The van der Waals surface area contributed by atoms with Crippen LogP contribution in [0.2, 0.25) is 0 Å². The van der Waals surface area contributed by atoms with E-state index in [4.69, 9.17) is 5.10 Å². The van der Waals surface area contributed by atoms with Gasteiger partial charge in [-0.05, 0) is 48.4 Å². The van der Waals surface area contributed by atoms with E-state index in [1.807, 2.05) is 50.8 Å². The normalized spacial score (nSPS) is 12.9. The number of carbonyl (C=O) groups is 1. The van der Waals surface area contributed by atoms with Crippen LogP contribution in [0.1, 0.15) is 22.4 Å². The lowest BCUT2D eigenvalue weighted by molar-refractivity contribution is -0.131. The number of amides is 1. The molecule has 0 spiro atoms. The zero-order chi connectivity index (χ0) is 20.7. The van der Waals surface area contributed by atoms with Gasteiger partial charge in [0.1, 0.15) is 11.6 Å². The molecule has 1 aliphatic rings. The summed E-state index contributed by atoms with van der Waals surface area (Å²) in [6.45, 7) is 3.05. The van der Waals surface area contributed by atoms with E-state index in [0.717, 1.165) is 33.9 Å². The van der Waals surface area contributed by atoms with Crippen LogP contribution in [0, 0.1) is 12.7 Å². The maximum absolute atomic E-state index is 13.1. The molecule has 0 saturated heterocycles. The van der Waals surface area contributed by atoms with Crippen LogP contribution in [0.15, 0.2) is 73.1 Å². The Balaban J connectivity index is 1.47. The lowest BCUT2D eigenvalue weighted by Gasteiger charge is -2.18. The average molecular weight is 400 g/mol. The Bertz CT molecular complexity index is 1210. The van der Waals surface area contributed by atoms with Gasteiger partial charge in [-0.1, -0.05) is 30.3 Å². The topological polar surface area (TPSA) is 43.1 Å². The van der Waals surface area contributed by atoms with E-state index in [0.29, 0.717) is 13.1 Å². The summed E-state index contributed by atoms with van der Waals surface area (Å²) in [5.74, 6) is 0.677. The summed E-state index contributed by atoms with van der Waals surface area (Å²) < 4.78 is 17.2. The molecule has 1 amide bonds. The van der Waals surface area contributed by atoms with Gasteiger partial charge in [-0.2, -0.15) is 5.10 Å². The first-order valence-electron chi connectivity index (χ1n) is 9.92. The van der Waals surface area contributed by atoms with Crippen molar-refractivity contribution in [1.29, 1.82) is 0 Å². The summed E-state index contributed by atoms with van der Waals surface area (Å²) in [6.07, 6.45) is 4.24. The largest absolute Gasteiger partial charge is 0.332 e. The molecule has 5 nitrogen and oxygen atoms in total. The number of hydrogen-bond acceptors (Lipinski definition) is 2. The van der Waals surface area contributed by atoms with Gasteiger partial charge in [-0.3, -0.25) is 4.79 Å². The fraction of sp³-hybridized carbons (Fsp3) is 0.167. The lowest BCUT2D eigenvalue weighted by atomic mass is 10.1. The summed E-state index contributed by atoms with van der Waals surface area (Å²) in [5.41, 5.74) is 4.94. The predicted octanol–water partition coefficient (Wildman–Crippen LogP) is 4.20. The van der Waals surface area contributed by atoms with E-state index in [1.165, 1.54) is 12.1 Å². The third kappa shape index (κ3) is 3.20. The van der Waals surface area contributed by atoms with Gasteiger partial charge < -0.3 is 9.47 Å². The Morgan fingerprint density at radius 3 is 2.47 bits per heavy atom. The number of aromatic nitrogens is 3. The molecule has 30 heavy (non-hydrogen) atoms. The maximum atomic E-state index is 13.1. The average Bonchev–Trinajstić information content (AvgIpc) is 3.46. The van der Waals surface area contributed by atoms with Gasteiger partial charge in [0, 0.05) is 18.0 Å². The van der Waals surface area contributed by atoms with Crippen LogP contribution >= 0.6 is 0 Å². The fourth-order valence-corrected chi connectivity index (χ4v) is 3.98. The summed E-state index contributed by atoms with van der Waals surface area (Å²) in [7, 11) is 0. The highest BCUT2D eigenvalue weighted by Gasteiger charge is 2.31. The van der Waals surface area contributed by atoms with Gasteiger partial charge in [0.05, 0.1) is 30.9 Å². The summed E-state index contributed by atoms with van der Waals surface area (Å²) in [5, 5.41) is 4.88. The first kappa shape index (κ1) is 18.4. The molecule has 0 unspecified atom stereocenters. The van der Waals surface area contributed by atoms with Crippen molar-refractivity contribution in [3.05, 3.63) is 101 Å². The Hall–Kier alpha value is -3.67. The molecular formula is C24H21FN4O.